The van der Waals surface area contributed by atoms with Crippen molar-refractivity contribution in [1.82, 2.24) is 4.90 Å². The van der Waals surface area contributed by atoms with Crippen LogP contribution in [0.25, 0.3) is 0 Å². The SMILES string of the molecule is COc1cc(C(=O)OCC#N)ccc1OCC(=O)N1CCOCC1. The van der Waals surface area contributed by atoms with Crippen molar-refractivity contribution in [3.8, 4) is 17.6 Å². The van der Waals surface area contributed by atoms with E-state index in [1.807, 2.05) is 0 Å². The van der Waals surface area contributed by atoms with E-state index in [0.717, 1.165) is 0 Å². The third-order valence-electron chi connectivity index (χ3n) is 3.38. The Bertz CT molecular complexity index is 634. The second kappa shape index (κ2) is 8.74. The summed E-state index contributed by atoms with van der Waals surface area (Å²) in [6.45, 7) is 1.68. The molecule has 0 bridgehead atoms. The van der Waals surface area contributed by atoms with Gasteiger partial charge < -0.3 is 23.8 Å². The summed E-state index contributed by atoms with van der Waals surface area (Å²) in [7, 11) is 1.43. The number of ether oxygens (including phenoxy) is 4. The summed E-state index contributed by atoms with van der Waals surface area (Å²) in [5.41, 5.74) is 0.231. The van der Waals surface area contributed by atoms with Gasteiger partial charge in [-0.1, -0.05) is 0 Å². The Labute approximate surface area is 139 Å². The number of methoxy groups -OCH3 is 1. The zero-order valence-electron chi connectivity index (χ0n) is 13.3. The molecule has 1 fully saturated rings. The van der Waals surface area contributed by atoms with E-state index in [9.17, 15) is 9.59 Å². The first-order chi connectivity index (χ1) is 11.7. The summed E-state index contributed by atoms with van der Waals surface area (Å²) in [5.74, 6) is -0.129. The van der Waals surface area contributed by atoms with Crippen molar-refractivity contribution < 1.29 is 28.5 Å². The number of hydrogen-bond donors (Lipinski definition) is 0. The van der Waals surface area contributed by atoms with Gasteiger partial charge in [-0.25, -0.2) is 4.79 Å². The predicted molar refractivity (Wildman–Crippen MR) is 81.8 cm³/mol. The topological polar surface area (TPSA) is 98.1 Å². The summed E-state index contributed by atoms with van der Waals surface area (Å²) in [5, 5.41) is 8.42. The molecule has 0 aliphatic carbocycles. The minimum absolute atomic E-state index is 0.130. The average molecular weight is 334 g/mol. The Morgan fingerprint density at radius 2 is 2.04 bits per heavy atom. The van der Waals surface area contributed by atoms with Crippen LogP contribution in [0.4, 0.5) is 0 Å². The molecule has 2 rings (SSSR count). The van der Waals surface area contributed by atoms with Crippen LogP contribution in [0.1, 0.15) is 10.4 Å². The zero-order chi connectivity index (χ0) is 17.4. The number of nitrogens with zero attached hydrogens (tertiary/aromatic N) is 2. The molecule has 0 N–H and O–H groups in total. The maximum Gasteiger partial charge on any atom is 0.339 e. The van der Waals surface area contributed by atoms with Gasteiger partial charge in [-0.15, -0.1) is 0 Å². The first-order valence-electron chi connectivity index (χ1n) is 7.36. The Kier molecular flexibility index (Phi) is 6.40. The second-order valence-electron chi connectivity index (χ2n) is 4.88. The molecule has 1 aromatic carbocycles. The number of carbonyl (C=O) groups is 2. The van der Waals surface area contributed by atoms with E-state index in [2.05, 4.69) is 0 Å². The molecule has 0 saturated carbocycles. The minimum Gasteiger partial charge on any atom is -0.493 e. The molecule has 1 heterocycles. The third kappa shape index (κ3) is 4.60. The highest BCUT2D eigenvalue weighted by Gasteiger charge is 2.18. The van der Waals surface area contributed by atoms with Crippen molar-refractivity contribution in [2.45, 2.75) is 0 Å². The summed E-state index contributed by atoms with van der Waals surface area (Å²) in [6.07, 6.45) is 0. The van der Waals surface area contributed by atoms with E-state index in [4.69, 9.17) is 24.2 Å². The monoisotopic (exact) mass is 334 g/mol. The molecule has 1 aliphatic rings. The molecule has 0 unspecified atom stereocenters. The summed E-state index contributed by atoms with van der Waals surface area (Å²) in [6, 6.07) is 6.17. The highest BCUT2D eigenvalue weighted by atomic mass is 16.5. The molecule has 1 aromatic rings. The zero-order valence-corrected chi connectivity index (χ0v) is 13.3. The van der Waals surface area contributed by atoms with Gasteiger partial charge in [-0.2, -0.15) is 5.26 Å². The Hall–Kier alpha value is -2.79. The number of carbonyl (C=O) groups excluding carboxylic acids is 2. The second-order valence-corrected chi connectivity index (χ2v) is 4.88. The van der Waals surface area contributed by atoms with Gasteiger partial charge in [0, 0.05) is 13.1 Å². The minimum atomic E-state index is -0.634. The van der Waals surface area contributed by atoms with E-state index >= 15 is 0 Å². The number of morpholine rings is 1. The fourth-order valence-electron chi connectivity index (χ4n) is 2.14. The van der Waals surface area contributed by atoms with Gasteiger partial charge in [0.25, 0.3) is 5.91 Å². The van der Waals surface area contributed by atoms with E-state index < -0.39 is 5.97 Å². The summed E-state index contributed by atoms with van der Waals surface area (Å²) < 4.78 is 20.6. The maximum atomic E-state index is 12.1. The van der Waals surface area contributed by atoms with Gasteiger partial charge in [-0.05, 0) is 18.2 Å². The van der Waals surface area contributed by atoms with Crippen LogP contribution < -0.4 is 9.47 Å². The van der Waals surface area contributed by atoms with Crippen molar-refractivity contribution in [3.63, 3.8) is 0 Å². The quantitative estimate of drug-likeness (QED) is 0.703. The summed E-state index contributed by atoms with van der Waals surface area (Å²) in [4.78, 5) is 25.4. The van der Waals surface area contributed by atoms with Crippen LogP contribution in [-0.4, -0.2) is 63.4 Å². The Balaban J connectivity index is 1.98. The lowest BCUT2D eigenvalue weighted by Gasteiger charge is -2.26. The van der Waals surface area contributed by atoms with Crippen LogP contribution in [0.5, 0.6) is 11.5 Å². The van der Waals surface area contributed by atoms with E-state index in [-0.39, 0.29) is 24.7 Å². The lowest BCUT2D eigenvalue weighted by atomic mass is 10.2. The first kappa shape index (κ1) is 17.6. The molecule has 8 heteroatoms. The Morgan fingerprint density at radius 1 is 1.29 bits per heavy atom. The van der Waals surface area contributed by atoms with Gasteiger partial charge in [-0.3, -0.25) is 4.79 Å². The van der Waals surface area contributed by atoms with Gasteiger partial charge in [0.1, 0.15) is 6.07 Å². The molecule has 128 valence electrons. The molecular weight excluding hydrogens is 316 g/mol. The highest BCUT2D eigenvalue weighted by Crippen LogP contribution is 2.28. The first-order valence-corrected chi connectivity index (χ1v) is 7.36. The molecule has 0 atom stereocenters. The maximum absolute atomic E-state index is 12.1. The van der Waals surface area contributed by atoms with E-state index in [1.165, 1.54) is 25.3 Å². The van der Waals surface area contributed by atoms with Crippen LogP contribution in [0.2, 0.25) is 0 Å². The number of rotatable bonds is 6. The molecule has 8 nitrogen and oxygen atoms in total. The number of nitriles is 1. The summed E-state index contributed by atoms with van der Waals surface area (Å²) >= 11 is 0. The predicted octanol–water partition coefficient (Wildman–Crippen LogP) is 0.613. The highest BCUT2D eigenvalue weighted by molar-refractivity contribution is 5.90. The standard InChI is InChI=1S/C16H18N2O6/c1-21-14-10-12(16(20)23-7-4-17)2-3-13(14)24-11-15(19)18-5-8-22-9-6-18/h2-3,10H,5-9,11H2,1H3. The molecule has 0 spiro atoms. The van der Waals surface area contributed by atoms with Gasteiger partial charge in [0.15, 0.2) is 24.7 Å². The van der Waals surface area contributed by atoms with Crippen LogP contribution in [0, 0.1) is 11.3 Å². The van der Waals surface area contributed by atoms with E-state index in [1.54, 1.807) is 11.0 Å². The number of benzene rings is 1. The molecule has 1 saturated heterocycles. The molecule has 0 aromatic heterocycles. The van der Waals surface area contributed by atoms with Crippen molar-refractivity contribution in [1.29, 1.82) is 5.26 Å². The molecule has 0 radical (unpaired) electrons. The Morgan fingerprint density at radius 3 is 2.71 bits per heavy atom. The van der Waals surface area contributed by atoms with Crippen LogP contribution in [0.3, 0.4) is 0 Å². The molecular formula is C16H18N2O6. The molecule has 1 amide bonds. The van der Waals surface area contributed by atoms with Crippen LogP contribution in [-0.2, 0) is 14.3 Å². The van der Waals surface area contributed by atoms with E-state index in [0.29, 0.717) is 37.8 Å². The van der Waals surface area contributed by atoms with Gasteiger partial charge in [0.05, 0.1) is 25.9 Å². The number of amides is 1. The van der Waals surface area contributed by atoms with Crippen molar-refractivity contribution in [2.75, 3.05) is 46.6 Å². The van der Waals surface area contributed by atoms with Crippen LogP contribution >= 0.6 is 0 Å². The average Bonchev–Trinajstić information content (AvgIpc) is 2.64. The van der Waals surface area contributed by atoms with Crippen LogP contribution in [0.15, 0.2) is 18.2 Å². The third-order valence-corrected chi connectivity index (χ3v) is 3.38. The molecule has 1 aliphatic heterocycles. The fraction of sp³-hybridized carbons (Fsp3) is 0.438. The van der Waals surface area contributed by atoms with Crippen molar-refractivity contribution in [3.05, 3.63) is 23.8 Å². The lowest BCUT2D eigenvalue weighted by molar-refractivity contribution is -0.137. The number of esters is 1. The lowest BCUT2D eigenvalue weighted by Crippen LogP contribution is -2.43. The van der Waals surface area contributed by atoms with Gasteiger partial charge in [0.2, 0.25) is 0 Å². The smallest absolute Gasteiger partial charge is 0.339 e. The fourth-order valence-corrected chi connectivity index (χ4v) is 2.14. The number of hydrogen-bond acceptors (Lipinski definition) is 7. The normalized spacial score (nSPS) is 13.8. The molecule has 24 heavy (non-hydrogen) atoms. The van der Waals surface area contributed by atoms with Crippen molar-refractivity contribution >= 4 is 11.9 Å². The van der Waals surface area contributed by atoms with Crippen molar-refractivity contribution in [2.24, 2.45) is 0 Å². The largest absolute Gasteiger partial charge is 0.493 e. The van der Waals surface area contributed by atoms with Gasteiger partial charge >= 0.3 is 5.97 Å².